The average Bonchev–Trinajstić information content (AvgIpc) is 3.34. The average molecular weight is 398 g/mol. The monoisotopic (exact) mass is 398 g/mol. The minimum absolute atomic E-state index is 0.164. The van der Waals surface area contributed by atoms with E-state index in [0.717, 1.165) is 22.4 Å². The van der Waals surface area contributed by atoms with Crippen molar-refractivity contribution >= 4 is 5.91 Å². The van der Waals surface area contributed by atoms with Gasteiger partial charge in [-0.1, -0.05) is 54.6 Å². The molecule has 0 spiro atoms. The number of rotatable bonds is 7. The lowest BCUT2D eigenvalue weighted by Crippen LogP contribution is -2.35. The van der Waals surface area contributed by atoms with E-state index >= 15 is 0 Å². The third-order valence-corrected chi connectivity index (χ3v) is 4.73. The van der Waals surface area contributed by atoms with Crippen LogP contribution >= 0.6 is 0 Å². The predicted octanol–water partition coefficient (Wildman–Crippen LogP) is 4.02. The van der Waals surface area contributed by atoms with Crippen molar-refractivity contribution in [2.24, 2.45) is 0 Å². The van der Waals surface area contributed by atoms with Gasteiger partial charge in [0, 0.05) is 6.54 Å². The van der Waals surface area contributed by atoms with E-state index in [4.69, 9.17) is 4.74 Å². The van der Waals surface area contributed by atoms with Gasteiger partial charge in [-0.3, -0.25) is 4.79 Å². The minimum Gasteiger partial charge on any atom is -0.481 e. The number of nitrogens with zero attached hydrogens (tertiary/aromatic N) is 3. The maximum atomic E-state index is 12.4. The third-order valence-electron chi connectivity index (χ3n) is 4.73. The highest BCUT2D eigenvalue weighted by atomic mass is 16.5. The second kappa shape index (κ2) is 9.05. The van der Waals surface area contributed by atoms with Crippen LogP contribution in [0.3, 0.4) is 0 Å². The summed E-state index contributed by atoms with van der Waals surface area (Å²) in [6.45, 7) is 2.17. The number of benzene rings is 3. The summed E-state index contributed by atoms with van der Waals surface area (Å²) < 4.78 is 7.47. The van der Waals surface area contributed by atoms with E-state index in [0.29, 0.717) is 12.3 Å². The van der Waals surface area contributed by atoms with Gasteiger partial charge in [-0.15, -0.1) is 0 Å². The van der Waals surface area contributed by atoms with E-state index < -0.39 is 6.10 Å². The fourth-order valence-corrected chi connectivity index (χ4v) is 3.06. The molecule has 1 amide bonds. The van der Waals surface area contributed by atoms with Crippen molar-refractivity contribution in [2.45, 2.75) is 19.6 Å². The first-order valence-corrected chi connectivity index (χ1v) is 9.73. The Morgan fingerprint density at radius 3 is 2.33 bits per heavy atom. The molecule has 1 heterocycles. The number of hydrogen-bond donors (Lipinski definition) is 1. The van der Waals surface area contributed by atoms with Crippen LogP contribution in [0, 0.1) is 0 Å². The normalized spacial score (nSPS) is 11.6. The first-order chi connectivity index (χ1) is 14.7. The first kappa shape index (κ1) is 19.4. The second-order valence-corrected chi connectivity index (χ2v) is 6.87. The highest BCUT2D eigenvalue weighted by Gasteiger charge is 2.14. The molecule has 1 N–H and O–H groups in total. The Morgan fingerprint density at radius 1 is 0.967 bits per heavy atom. The number of nitrogens with one attached hydrogen (secondary N) is 1. The van der Waals surface area contributed by atoms with E-state index in [9.17, 15) is 4.79 Å². The summed E-state index contributed by atoms with van der Waals surface area (Å²) in [5, 5.41) is 7.01. The van der Waals surface area contributed by atoms with Crippen molar-refractivity contribution in [2.75, 3.05) is 0 Å². The molecule has 1 aromatic heterocycles. The largest absolute Gasteiger partial charge is 0.481 e. The van der Waals surface area contributed by atoms with Gasteiger partial charge in [0.05, 0.1) is 5.69 Å². The molecule has 6 heteroatoms. The van der Waals surface area contributed by atoms with Crippen LogP contribution in [0.15, 0.2) is 91.5 Å². The first-order valence-electron chi connectivity index (χ1n) is 9.73. The SMILES string of the molecule is CC(Oc1ccc(-c2ccccc2)cc1)C(=O)NCc1ccc(-n2cncn2)cc1. The molecule has 0 aliphatic rings. The maximum absolute atomic E-state index is 12.4. The van der Waals surface area contributed by atoms with Crippen LogP contribution in [0.1, 0.15) is 12.5 Å². The van der Waals surface area contributed by atoms with Crippen LogP contribution in [0.2, 0.25) is 0 Å². The minimum atomic E-state index is -0.595. The molecule has 6 nitrogen and oxygen atoms in total. The third kappa shape index (κ3) is 4.72. The van der Waals surface area contributed by atoms with Gasteiger partial charge < -0.3 is 10.1 Å². The summed E-state index contributed by atoms with van der Waals surface area (Å²) in [6, 6.07) is 25.6. The lowest BCUT2D eigenvalue weighted by atomic mass is 10.1. The molecule has 0 radical (unpaired) electrons. The summed E-state index contributed by atoms with van der Waals surface area (Å²) in [7, 11) is 0. The summed E-state index contributed by atoms with van der Waals surface area (Å²) in [5.74, 6) is 0.497. The Hall–Kier alpha value is -3.93. The Morgan fingerprint density at radius 2 is 1.67 bits per heavy atom. The van der Waals surface area contributed by atoms with E-state index in [1.807, 2.05) is 66.7 Å². The van der Waals surface area contributed by atoms with Gasteiger partial charge in [0.2, 0.25) is 0 Å². The highest BCUT2D eigenvalue weighted by Crippen LogP contribution is 2.22. The van der Waals surface area contributed by atoms with Gasteiger partial charge in [0.1, 0.15) is 18.4 Å². The van der Waals surface area contributed by atoms with Gasteiger partial charge in [0.25, 0.3) is 5.91 Å². The molecule has 4 aromatic rings. The van der Waals surface area contributed by atoms with Crippen LogP contribution < -0.4 is 10.1 Å². The number of hydrogen-bond acceptors (Lipinski definition) is 4. The van der Waals surface area contributed by atoms with Gasteiger partial charge in [0.15, 0.2) is 6.10 Å². The molecule has 30 heavy (non-hydrogen) atoms. The Kier molecular flexibility index (Phi) is 5.85. The zero-order chi connectivity index (χ0) is 20.8. The molecule has 3 aromatic carbocycles. The van der Waals surface area contributed by atoms with Crippen LogP contribution in [0.4, 0.5) is 0 Å². The quantitative estimate of drug-likeness (QED) is 0.511. The van der Waals surface area contributed by atoms with Crippen molar-refractivity contribution < 1.29 is 9.53 Å². The molecule has 0 aliphatic heterocycles. The zero-order valence-electron chi connectivity index (χ0n) is 16.6. The summed E-state index contributed by atoms with van der Waals surface area (Å²) in [4.78, 5) is 16.3. The standard InChI is InChI=1S/C24H22N4O2/c1-18(30-23-13-9-21(10-14-23)20-5-3-2-4-6-20)24(29)26-15-19-7-11-22(12-8-19)28-17-25-16-27-28/h2-14,16-18H,15H2,1H3,(H,26,29). The molecule has 0 fully saturated rings. The van der Waals surface area contributed by atoms with Gasteiger partial charge in [-0.05, 0) is 47.9 Å². The molecule has 4 rings (SSSR count). The molecule has 150 valence electrons. The molecule has 0 saturated heterocycles. The molecule has 1 atom stereocenters. The van der Waals surface area contributed by atoms with Crippen LogP contribution in [-0.2, 0) is 11.3 Å². The van der Waals surface area contributed by atoms with E-state index in [1.165, 1.54) is 6.33 Å². The maximum Gasteiger partial charge on any atom is 0.261 e. The molecular weight excluding hydrogens is 376 g/mol. The van der Waals surface area contributed by atoms with Crippen molar-refractivity contribution in [3.05, 3.63) is 97.1 Å². The van der Waals surface area contributed by atoms with Crippen molar-refractivity contribution in [3.8, 4) is 22.6 Å². The summed E-state index contributed by atoms with van der Waals surface area (Å²) >= 11 is 0. The molecular formula is C24H22N4O2. The number of amides is 1. The highest BCUT2D eigenvalue weighted by molar-refractivity contribution is 5.80. The Balaban J connectivity index is 1.29. The van der Waals surface area contributed by atoms with E-state index in [-0.39, 0.29) is 5.91 Å². The van der Waals surface area contributed by atoms with Gasteiger partial charge >= 0.3 is 0 Å². The van der Waals surface area contributed by atoms with E-state index in [2.05, 4.69) is 27.5 Å². The molecule has 0 bridgehead atoms. The fraction of sp³-hybridized carbons (Fsp3) is 0.125. The smallest absolute Gasteiger partial charge is 0.261 e. The number of ether oxygens (including phenoxy) is 1. The van der Waals surface area contributed by atoms with Gasteiger partial charge in [-0.2, -0.15) is 5.10 Å². The fourth-order valence-electron chi connectivity index (χ4n) is 3.06. The van der Waals surface area contributed by atoms with Crippen molar-refractivity contribution in [1.29, 1.82) is 0 Å². The number of aromatic nitrogens is 3. The molecule has 0 saturated carbocycles. The summed E-state index contributed by atoms with van der Waals surface area (Å²) in [5.41, 5.74) is 4.16. The van der Waals surface area contributed by atoms with Crippen LogP contribution in [0.5, 0.6) is 5.75 Å². The topological polar surface area (TPSA) is 69.0 Å². The van der Waals surface area contributed by atoms with E-state index in [1.54, 1.807) is 17.9 Å². The van der Waals surface area contributed by atoms with Crippen molar-refractivity contribution in [3.63, 3.8) is 0 Å². The number of carbonyl (C=O) groups excluding carboxylic acids is 1. The zero-order valence-corrected chi connectivity index (χ0v) is 16.6. The Bertz CT molecular complexity index is 1080. The predicted molar refractivity (Wildman–Crippen MR) is 115 cm³/mol. The number of carbonyl (C=O) groups is 1. The second-order valence-electron chi connectivity index (χ2n) is 6.87. The lowest BCUT2D eigenvalue weighted by molar-refractivity contribution is -0.127. The molecule has 1 unspecified atom stereocenters. The van der Waals surface area contributed by atoms with Crippen molar-refractivity contribution in [1.82, 2.24) is 20.1 Å². The lowest BCUT2D eigenvalue weighted by Gasteiger charge is -2.15. The molecule has 0 aliphatic carbocycles. The van der Waals surface area contributed by atoms with Gasteiger partial charge in [-0.25, -0.2) is 9.67 Å². The van der Waals surface area contributed by atoms with Crippen LogP contribution in [-0.4, -0.2) is 26.8 Å². The van der Waals surface area contributed by atoms with Crippen LogP contribution in [0.25, 0.3) is 16.8 Å². The summed E-state index contributed by atoms with van der Waals surface area (Å²) in [6.07, 6.45) is 2.54. The Labute approximate surface area is 175 Å².